The normalized spacial score (nSPS) is 22.1. The highest BCUT2D eigenvalue weighted by atomic mass is 32.2. The molecule has 0 aliphatic carbocycles. The quantitative estimate of drug-likeness (QED) is 0.900. The molecule has 0 bridgehead atoms. The molecule has 92 valence electrons. The van der Waals surface area contributed by atoms with Gasteiger partial charge in [-0.15, -0.1) is 0 Å². The van der Waals surface area contributed by atoms with Crippen molar-refractivity contribution < 1.29 is 14.3 Å². The van der Waals surface area contributed by atoms with Crippen LogP contribution in [0.3, 0.4) is 0 Å². The average molecular weight is 254 g/mol. The predicted octanol–water partition coefficient (Wildman–Crippen LogP) is 3.14. The highest BCUT2D eigenvalue weighted by Gasteiger charge is 2.32. The van der Waals surface area contributed by atoms with Gasteiger partial charge in [0.05, 0.1) is 5.92 Å². The molecule has 2 unspecified atom stereocenters. The van der Waals surface area contributed by atoms with Crippen LogP contribution in [-0.4, -0.2) is 22.6 Å². The first-order valence-electron chi connectivity index (χ1n) is 5.75. The van der Waals surface area contributed by atoms with Gasteiger partial charge in [-0.3, -0.25) is 4.79 Å². The Hall–Kier alpha value is -1.03. The van der Waals surface area contributed by atoms with Gasteiger partial charge in [-0.25, -0.2) is 4.39 Å². The standard InChI is InChI=1S/C13H15FO2S/c14-11-6-2-1-5-10(11)12(13(15)16)9-4-3-7-17-8-9/h1-2,5-6,9,12H,3-4,7-8H2,(H,15,16). The number of hydrogen-bond donors (Lipinski definition) is 1. The summed E-state index contributed by atoms with van der Waals surface area (Å²) in [5, 5.41) is 9.33. The fraction of sp³-hybridized carbons (Fsp3) is 0.462. The van der Waals surface area contributed by atoms with Gasteiger partial charge in [0.15, 0.2) is 0 Å². The van der Waals surface area contributed by atoms with E-state index >= 15 is 0 Å². The maximum absolute atomic E-state index is 13.7. The molecular weight excluding hydrogens is 239 g/mol. The van der Waals surface area contributed by atoms with E-state index in [0.29, 0.717) is 5.56 Å². The third-order valence-electron chi connectivity index (χ3n) is 3.17. The van der Waals surface area contributed by atoms with Gasteiger partial charge >= 0.3 is 5.97 Å². The molecule has 0 saturated carbocycles. The van der Waals surface area contributed by atoms with E-state index in [0.717, 1.165) is 24.3 Å². The van der Waals surface area contributed by atoms with Crippen LogP contribution in [0.2, 0.25) is 0 Å². The van der Waals surface area contributed by atoms with Crippen LogP contribution in [0.5, 0.6) is 0 Å². The summed E-state index contributed by atoms with van der Waals surface area (Å²) < 4.78 is 13.7. The molecule has 1 N–H and O–H groups in total. The largest absolute Gasteiger partial charge is 0.481 e. The first kappa shape index (κ1) is 12.4. The van der Waals surface area contributed by atoms with Crippen LogP contribution in [0.4, 0.5) is 4.39 Å². The number of benzene rings is 1. The summed E-state index contributed by atoms with van der Waals surface area (Å²) in [6, 6.07) is 6.21. The van der Waals surface area contributed by atoms with Gasteiger partial charge in [0, 0.05) is 5.56 Å². The lowest BCUT2D eigenvalue weighted by molar-refractivity contribution is -0.140. The van der Waals surface area contributed by atoms with E-state index in [1.54, 1.807) is 30.0 Å². The van der Waals surface area contributed by atoms with E-state index in [2.05, 4.69) is 0 Å². The third kappa shape index (κ3) is 2.80. The maximum Gasteiger partial charge on any atom is 0.311 e. The summed E-state index contributed by atoms with van der Waals surface area (Å²) in [6.07, 6.45) is 1.89. The molecular formula is C13H15FO2S. The fourth-order valence-corrected chi connectivity index (χ4v) is 3.54. The second kappa shape index (κ2) is 5.54. The number of thioether (sulfide) groups is 1. The zero-order valence-corrected chi connectivity index (χ0v) is 10.3. The Balaban J connectivity index is 2.28. The Morgan fingerprint density at radius 3 is 2.82 bits per heavy atom. The van der Waals surface area contributed by atoms with E-state index in [9.17, 15) is 14.3 Å². The zero-order chi connectivity index (χ0) is 12.3. The minimum absolute atomic E-state index is 0.0446. The first-order valence-corrected chi connectivity index (χ1v) is 6.90. The van der Waals surface area contributed by atoms with Gasteiger partial charge in [0.2, 0.25) is 0 Å². The number of carboxylic acid groups (broad SMARTS) is 1. The molecule has 2 nitrogen and oxygen atoms in total. The first-order chi connectivity index (χ1) is 8.20. The number of rotatable bonds is 3. The van der Waals surface area contributed by atoms with Crippen LogP contribution in [-0.2, 0) is 4.79 Å². The molecule has 0 radical (unpaired) electrons. The molecule has 1 heterocycles. The number of halogens is 1. The highest BCUT2D eigenvalue weighted by molar-refractivity contribution is 7.99. The van der Waals surface area contributed by atoms with E-state index in [4.69, 9.17) is 0 Å². The molecule has 0 amide bonds. The molecule has 0 aromatic heterocycles. The zero-order valence-electron chi connectivity index (χ0n) is 9.43. The molecule has 4 heteroatoms. The molecule has 2 rings (SSSR count). The van der Waals surface area contributed by atoms with E-state index < -0.39 is 17.7 Å². The molecule has 1 aliphatic rings. The minimum Gasteiger partial charge on any atom is -0.481 e. The van der Waals surface area contributed by atoms with Gasteiger partial charge in [-0.1, -0.05) is 18.2 Å². The second-order valence-electron chi connectivity index (χ2n) is 4.31. The SMILES string of the molecule is O=C(O)C(c1ccccc1F)C1CCCSC1. The lowest BCUT2D eigenvalue weighted by Gasteiger charge is -2.27. The molecule has 0 spiro atoms. The number of carboxylic acids is 1. The van der Waals surface area contributed by atoms with Gasteiger partial charge in [-0.2, -0.15) is 11.8 Å². The molecule has 1 aromatic carbocycles. The van der Waals surface area contributed by atoms with Gasteiger partial charge < -0.3 is 5.11 Å². The summed E-state index contributed by atoms with van der Waals surface area (Å²) >= 11 is 1.76. The summed E-state index contributed by atoms with van der Waals surface area (Å²) in [5.74, 6) is -0.0870. The van der Waals surface area contributed by atoms with Crippen molar-refractivity contribution in [2.24, 2.45) is 5.92 Å². The van der Waals surface area contributed by atoms with Crippen molar-refractivity contribution in [2.45, 2.75) is 18.8 Å². The number of carbonyl (C=O) groups is 1. The second-order valence-corrected chi connectivity index (χ2v) is 5.46. The Kier molecular flexibility index (Phi) is 4.05. The van der Waals surface area contributed by atoms with Gasteiger partial charge in [-0.05, 0) is 36.3 Å². The molecule has 1 aliphatic heterocycles. The summed E-state index contributed by atoms with van der Waals surface area (Å²) in [4.78, 5) is 11.4. The smallest absolute Gasteiger partial charge is 0.311 e. The molecule has 1 aromatic rings. The van der Waals surface area contributed by atoms with E-state index in [1.165, 1.54) is 6.07 Å². The van der Waals surface area contributed by atoms with Gasteiger partial charge in [0.1, 0.15) is 5.82 Å². The highest BCUT2D eigenvalue weighted by Crippen LogP contribution is 2.35. The molecule has 1 saturated heterocycles. The number of aliphatic carboxylic acids is 1. The van der Waals surface area contributed by atoms with Crippen molar-refractivity contribution in [1.29, 1.82) is 0 Å². The van der Waals surface area contributed by atoms with Crippen molar-refractivity contribution in [3.8, 4) is 0 Å². The third-order valence-corrected chi connectivity index (χ3v) is 4.41. The van der Waals surface area contributed by atoms with Crippen molar-refractivity contribution in [3.63, 3.8) is 0 Å². The van der Waals surface area contributed by atoms with Crippen LogP contribution >= 0.6 is 11.8 Å². The van der Waals surface area contributed by atoms with E-state index in [1.807, 2.05) is 0 Å². The lowest BCUT2D eigenvalue weighted by atomic mass is 9.84. The Morgan fingerprint density at radius 2 is 2.24 bits per heavy atom. The maximum atomic E-state index is 13.7. The number of hydrogen-bond acceptors (Lipinski definition) is 2. The Labute approximate surface area is 104 Å². The van der Waals surface area contributed by atoms with Gasteiger partial charge in [0.25, 0.3) is 0 Å². The van der Waals surface area contributed by atoms with Crippen LogP contribution in [0, 0.1) is 11.7 Å². The summed E-state index contributed by atoms with van der Waals surface area (Å²) in [6.45, 7) is 0. The van der Waals surface area contributed by atoms with Crippen molar-refractivity contribution >= 4 is 17.7 Å². The average Bonchev–Trinajstić information content (AvgIpc) is 2.33. The van der Waals surface area contributed by atoms with Crippen LogP contribution < -0.4 is 0 Å². The van der Waals surface area contributed by atoms with Crippen molar-refractivity contribution in [2.75, 3.05) is 11.5 Å². The Bertz CT molecular complexity index is 402. The van der Waals surface area contributed by atoms with E-state index in [-0.39, 0.29) is 5.92 Å². The Morgan fingerprint density at radius 1 is 1.47 bits per heavy atom. The van der Waals surface area contributed by atoms with Crippen LogP contribution in [0.15, 0.2) is 24.3 Å². The molecule has 1 fully saturated rings. The summed E-state index contributed by atoms with van der Waals surface area (Å²) in [5.41, 5.74) is 0.326. The van der Waals surface area contributed by atoms with Crippen LogP contribution in [0.25, 0.3) is 0 Å². The predicted molar refractivity (Wildman–Crippen MR) is 66.8 cm³/mol. The van der Waals surface area contributed by atoms with Crippen molar-refractivity contribution in [1.82, 2.24) is 0 Å². The summed E-state index contributed by atoms with van der Waals surface area (Å²) in [7, 11) is 0. The topological polar surface area (TPSA) is 37.3 Å². The molecule has 2 atom stereocenters. The monoisotopic (exact) mass is 254 g/mol. The van der Waals surface area contributed by atoms with Crippen LogP contribution in [0.1, 0.15) is 24.3 Å². The minimum atomic E-state index is -0.914. The lowest BCUT2D eigenvalue weighted by Crippen LogP contribution is -2.26. The van der Waals surface area contributed by atoms with Crippen molar-refractivity contribution in [3.05, 3.63) is 35.6 Å². The fourth-order valence-electron chi connectivity index (χ4n) is 2.34. The molecule has 17 heavy (non-hydrogen) atoms.